The first-order chi connectivity index (χ1) is 3.42. The number of hydrogen-bond acceptors (Lipinski definition) is 2. The third kappa shape index (κ3) is 11.9. The van der Waals surface area contributed by atoms with Crippen molar-refractivity contribution in [3.05, 3.63) is 0 Å². The van der Waals surface area contributed by atoms with Crippen molar-refractivity contribution in [2.24, 2.45) is 5.41 Å². The summed E-state index contributed by atoms with van der Waals surface area (Å²) in [6, 6.07) is 0. The Balaban J connectivity index is 0. The Bertz CT molecular complexity index is 126. The second-order valence-electron chi connectivity index (χ2n) is 3.05. The predicted octanol–water partition coefficient (Wildman–Crippen LogP) is 2.20. The molecule has 0 aliphatic heterocycles. The molecule has 0 spiro atoms. The van der Waals surface area contributed by atoms with E-state index in [-0.39, 0.29) is 32.6 Å². The molecule has 0 aliphatic rings. The molecule has 0 fully saturated rings. The largest absolute Gasteiger partial charge is 0.316 e. The summed E-state index contributed by atoms with van der Waals surface area (Å²) in [4.78, 5) is 0. The molecule has 0 saturated carbocycles. The third-order valence-electron chi connectivity index (χ3n) is 0.603. The predicted molar refractivity (Wildman–Crippen MR) is 32.6 cm³/mol. The van der Waals surface area contributed by atoms with Gasteiger partial charge >= 0.3 is 7.68 Å². The van der Waals surface area contributed by atoms with E-state index in [1.165, 1.54) is 0 Å². The fourth-order valence-corrected chi connectivity index (χ4v) is 1.16. The molecule has 0 radical (unpaired) electrons. The maximum atomic E-state index is 10.1. The van der Waals surface area contributed by atoms with Gasteiger partial charge in [0.2, 0.25) is 0 Å². The van der Waals surface area contributed by atoms with E-state index in [0.29, 0.717) is 0 Å². The zero-order valence-corrected chi connectivity index (χ0v) is 9.71. The summed E-state index contributed by atoms with van der Waals surface area (Å²) in [5, 5.41) is 0. The molecule has 0 bridgehead atoms. The monoisotopic (exact) mass is 318 g/mol. The first kappa shape index (κ1) is 12.3. The molecule has 0 amide bonds. The maximum Gasteiger partial charge on any atom is 0.316 e. The summed E-state index contributed by atoms with van der Waals surface area (Å²) in [5.41, 5.74) is -0.0742. The summed E-state index contributed by atoms with van der Waals surface area (Å²) in [6.45, 7) is 5.70. The average molecular weight is 318 g/mol. The Kier molecular flexibility index (Phi) is 6.02. The van der Waals surface area contributed by atoms with Crippen LogP contribution in [-0.4, -0.2) is 6.16 Å². The molecule has 54 valence electrons. The Labute approximate surface area is 70.5 Å². The molecule has 0 heterocycles. The van der Waals surface area contributed by atoms with Crippen molar-refractivity contribution in [2.45, 2.75) is 20.8 Å². The van der Waals surface area contributed by atoms with Gasteiger partial charge in [-0.15, -0.1) is 0 Å². The number of rotatable bonds is 1. The molecule has 9 heavy (non-hydrogen) atoms. The fourth-order valence-electron chi connectivity index (χ4n) is 0.387. The molecule has 0 atom stereocenters. The van der Waals surface area contributed by atoms with Gasteiger partial charge < -0.3 is 0 Å². The van der Waals surface area contributed by atoms with E-state index in [9.17, 15) is 9.13 Å². The average Bonchev–Trinajstić information content (AvgIpc) is 1.21. The topological polar surface area (TPSA) is 34.1 Å². The van der Waals surface area contributed by atoms with Crippen LogP contribution in [0.15, 0.2) is 0 Å². The Morgan fingerprint density at radius 1 is 1.22 bits per heavy atom. The zero-order chi connectivity index (χ0) is 6.78. The van der Waals surface area contributed by atoms with E-state index in [1.54, 1.807) is 0 Å². The quantitative estimate of drug-likeness (QED) is 0.695. The Morgan fingerprint density at radius 3 is 1.56 bits per heavy atom. The molecule has 0 N–H and O–H groups in total. The van der Waals surface area contributed by atoms with Crippen LogP contribution in [0.2, 0.25) is 0 Å². The van der Waals surface area contributed by atoms with Crippen molar-refractivity contribution in [3.8, 4) is 0 Å². The molecular weight excluding hydrogens is 307 g/mol. The van der Waals surface area contributed by atoms with Crippen molar-refractivity contribution in [1.29, 1.82) is 0 Å². The smallest absolute Gasteiger partial charge is 0.237 e. The van der Waals surface area contributed by atoms with Gasteiger partial charge in [0.15, 0.2) is 0 Å². The summed E-state index contributed by atoms with van der Waals surface area (Å²) in [5.74, 6) is 0. The molecule has 0 aromatic carbocycles. The van der Waals surface area contributed by atoms with E-state index in [2.05, 4.69) is 0 Å². The van der Waals surface area contributed by atoms with Gasteiger partial charge in [-0.05, 0) is 5.41 Å². The van der Waals surface area contributed by atoms with Gasteiger partial charge in [-0.3, -0.25) is 0 Å². The van der Waals surface area contributed by atoms with E-state index >= 15 is 0 Å². The van der Waals surface area contributed by atoms with Gasteiger partial charge in [0.05, 0.1) is 6.16 Å². The van der Waals surface area contributed by atoms with Crippen LogP contribution < -0.4 is 0 Å². The van der Waals surface area contributed by atoms with Crippen molar-refractivity contribution >= 4 is 7.68 Å². The van der Waals surface area contributed by atoms with Crippen LogP contribution in [0.25, 0.3) is 0 Å². The van der Waals surface area contributed by atoms with Gasteiger partial charge in [0.25, 0.3) is 0 Å². The minimum Gasteiger partial charge on any atom is -0.237 e. The van der Waals surface area contributed by atoms with Crippen LogP contribution in [0, 0.1) is 5.41 Å². The molecule has 0 unspecified atom stereocenters. The van der Waals surface area contributed by atoms with Crippen LogP contribution in [-0.2, 0) is 30.2 Å². The van der Waals surface area contributed by atoms with Crippen LogP contribution in [0.5, 0.6) is 0 Å². The molecule has 0 rings (SSSR count). The normalized spacial score (nSPS) is 10.1. The molecule has 4 heteroatoms. The van der Waals surface area contributed by atoms with Crippen molar-refractivity contribution in [2.75, 3.05) is 6.16 Å². The number of hydrogen-bond donors (Lipinski definition) is 0. The van der Waals surface area contributed by atoms with Crippen LogP contribution in [0.3, 0.4) is 0 Å². The third-order valence-corrected chi connectivity index (χ3v) is 1.81. The SMILES string of the molecule is CC(C)(C)CP(=O)=O.[W]. The second-order valence-corrected chi connectivity index (χ2v) is 4.03. The fraction of sp³-hybridized carbons (Fsp3) is 1.00. The van der Waals surface area contributed by atoms with Crippen LogP contribution in [0.1, 0.15) is 20.8 Å². The zero-order valence-electron chi connectivity index (χ0n) is 5.88. The summed E-state index contributed by atoms with van der Waals surface area (Å²) in [6.07, 6.45) is 0.280. The molecule has 2 nitrogen and oxygen atoms in total. The first-order valence-electron chi connectivity index (χ1n) is 2.53. The minimum absolute atomic E-state index is 0. The van der Waals surface area contributed by atoms with E-state index in [4.69, 9.17) is 0 Å². The van der Waals surface area contributed by atoms with Crippen molar-refractivity contribution in [1.82, 2.24) is 0 Å². The van der Waals surface area contributed by atoms with Crippen molar-refractivity contribution < 1.29 is 30.2 Å². The van der Waals surface area contributed by atoms with Gasteiger partial charge in [-0.1, -0.05) is 20.8 Å². The van der Waals surface area contributed by atoms with Crippen LogP contribution in [0.4, 0.5) is 0 Å². The van der Waals surface area contributed by atoms with E-state index in [0.717, 1.165) is 0 Å². The molecular formula is C5H11O2PW. The standard InChI is InChI=1S/C5H11O2P.W/c1-5(2,3)4-8(6)7;/h4H2,1-3H3;. The molecule has 0 saturated heterocycles. The maximum absolute atomic E-state index is 10.1. The van der Waals surface area contributed by atoms with Gasteiger partial charge in [0.1, 0.15) is 0 Å². The second kappa shape index (κ2) is 4.41. The minimum atomic E-state index is -2.19. The Hall–Kier alpha value is 0.588. The molecule has 0 aromatic rings. The Morgan fingerprint density at radius 2 is 1.56 bits per heavy atom. The summed E-state index contributed by atoms with van der Waals surface area (Å²) >= 11 is 0. The van der Waals surface area contributed by atoms with Gasteiger partial charge in [-0.2, -0.15) is 0 Å². The van der Waals surface area contributed by atoms with E-state index in [1.807, 2.05) is 20.8 Å². The summed E-state index contributed by atoms with van der Waals surface area (Å²) < 4.78 is 20.1. The first-order valence-corrected chi connectivity index (χ1v) is 3.90. The molecule has 0 aliphatic carbocycles. The van der Waals surface area contributed by atoms with Gasteiger partial charge in [0, 0.05) is 21.1 Å². The van der Waals surface area contributed by atoms with Crippen molar-refractivity contribution in [3.63, 3.8) is 0 Å². The molecule has 0 aromatic heterocycles. The van der Waals surface area contributed by atoms with Gasteiger partial charge in [-0.25, -0.2) is 9.13 Å². The van der Waals surface area contributed by atoms with Crippen LogP contribution >= 0.6 is 7.68 Å². The summed E-state index contributed by atoms with van der Waals surface area (Å²) in [7, 11) is -2.19. The van der Waals surface area contributed by atoms with E-state index < -0.39 is 7.68 Å².